The van der Waals surface area contributed by atoms with Crippen LogP contribution in [0.4, 0.5) is 0 Å². The van der Waals surface area contributed by atoms with Crippen LogP contribution in [-0.2, 0) is 0 Å². The lowest BCUT2D eigenvalue weighted by Crippen LogP contribution is -1.94. The molecule has 23 heavy (non-hydrogen) atoms. The average Bonchev–Trinajstić information content (AvgIpc) is 2.59. The number of ether oxygens (including phenoxy) is 2. The van der Waals surface area contributed by atoms with Crippen LogP contribution in [0.25, 0.3) is 11.6 Å². The van der Waals surface area contributed by atoms with E-state index in [2.05, 4.69) is 12.0 Å². The van der Waals surface area contributed by atoms with Gasteiger partial charge in [0, 0.05) is 0 Å². The van der Waals surface area contributed by atoms with Crippen LogP contribution in [0.1, 0.15) is 11.1 Å². The van der Waals surface area contributed by atoms with E-state index in [1.54, 1.807) is 25.3 Å². The molecule has 0 fully saturated rings. The van der Waals surface area contributed by atoms with Gasteiger partial charge in [-0.2, -0.15) is 5.26 Å². The summed E-state index contributed by atoms with van der Waals surface area (Å²) in [4.78, 5) is 0. The summed E-state index contributed by atoms with van der Waals surface area (Å²) in [6.45, 7) is 0.157. The third-order valence-electron chi connectivity index (χ3n) is 3.10. The Balaban J connectivity index is 2.29. The maximum atomic E-state index is 9.38. The van der Waals surface area contributed by atoms with Crippen molar-refractivity contribution >= 4 is 23.3 Å². The Hall–Kier alpha value is -2.88. The second-order valence-electron chi connectivity index (χ2n) is 4.58. The zero-order valence-corrected chi connectivity index (χ0v) is 13.3. The standard InChI is InChI=1S/C19H14ClNO2/c1-3-10-23-19-9-4-14(12-18(19)20)11-16(13-21)15-5-7-17(22-2)8-6-15/h1,4-9,11-12H,10H2,2H3/b16-11+. The van der Waals surface area contributed by atoms with Gasteiger partial charge in [0.15, 0.2) is 0 Å². The zero-order chi connectivity index (χ0) is 16.7. The molecule has 3 nitrogen and oxygen atoms in total. The number of allylic oxidation sites excluding steroid dienone is 1. The lowest BCUT2D eigenvalue weighted by Gasteiger charge is -2.06. The van der Waals surface area contributed by atoms with Gasteiger partial charge in [-0.15, -0.1) is 6.42 Å². The van der Waals surface area contributed by atoms with E-state index in [9.17, 15) is 5.26 Å². The summed E-state index contributed by atoms with van der Waals surface area (Å²) in [5.41, 5.74) is 2.13. The zero-order valence-electron chi connectivity index (χ0n) is 12.5. The van der Waals surface area contributed by atoms with Gasteiger partial charge in [-0.3, -0.25) is 0 Å². The fourth-order valence-corrected chi connectivity index (χ4v) is 2.20. The largest absolute Gasteiger partial charge is 0.497 e. The average molecular weight is 324 g/mol. The smallest absolute Gasteiger partial charge is 0.148 e. The molecule has 0 saturated carbocycles. The highest BCUT2D eigenvalue weighted by Gasteiger charge is 2.05. The Kier molecular flexibility index (Phi) is 5.69. The molecule has 0 atom stereocenters. The number of nitriles is 1. The first kappa shape index (κ1) is 16.5. The highest BCUT2D eigenvalue weighted by Crippen LogP contribution is 2.28. The van der Waals surface area contributed by atoms with Crippen LogP contribution in [0.5, 0.6) is 11.5 Å². The molecular weight excluding hydrogens is 310 g/mol. The predicted molar refractivity (Wildman–Crippen MR) is 92.3 cm³/mol. The SMILES string of the molecule is C#CCOc1ccc(/C=C(\C#N)c2ccc(OC)cc2)cc1Cl. The van der Waals surface area contributed by atoms with E-state index in [1.165, 1.54) is 0 Å². The summed E-state index contributed by atoms with van der Waals surface area (Å²) in [5, 5.41) is 9.82. The highest BCUT2D eigenvalue weighted by molar-refractivity contribution is 6.32. The van der Waals surface area contributed by atoms with E-state index in [-0.39, 0.29) is 6.61 Å². The lowest BCUT2D eigenvalue weighted by molar-refractivity contribution is 0.370. The summed E-state index contributed by atoms with van der Waals surface area (Å²) < 4.78 is 10.4. The minimum absolute atomic E-state index is 0.157. The van der Waals surface area contributed by atoms with Crippen molar-refractivity contribution in [1.29, 1.82) is 5.26 Å². The lowest BCUT2D eigenvalue weighted by atomic mass is 10.0. The number of nitrogens with zero attached hydrogens (tertiary/aromatic N) is 1. The molecule has 0 unspecified atom stereocenters. The van der Waals surface area contributed by atoms with Gasteiger partial charge in [-0.05, 0) is 53.6 Å². The van der Waals surface area contributed by atoms with Crippen LogP contribution in [0.2, 0.25) is 5.02 Å². The highest BCUT2D eigenvalue weighted by atomic mass is 35.5. The fraction of sp³-hybridized carbons (Fsp3) is 0.105. The maximum absolute atomic E-state index is 9.38. The molecule has 4 heteroatoms. The van der Waals surface area contributed by atoms with Gasteiger partial charge in [-0.1, -0.05) is 23.6 Å². The molecule has 2 aromatic carbocycles. The number of hydrogen-bond donors (Lipinski definition) is 0. The first-order chi connectivity index (χ1) is 11.2. The summed E-state index contributed by atoms with van der Waals surface area (Å²) in [6, 6.07) is 14.8. The summed E-state index contributed by atoms with van der Waals surface area (Å²) in [6.07, 6.45) is 6.92. The van der Waals surface area contributed by atoms with Crippen LogP contribution in [-0.4, -0.2) is 13.7 Å². The molecule has 0 aliphatic heterocycles. The minimum Gasteiger partial charge on any atom is -0.497 e. The van der Waals surface area contributed by atoms with Gasteiger partial charge < -0.3 is 9.47 Å². The maximum Gasteiger partial charge on any atom is 0.148 e. The van der Waals surface area contributed by atoms with Crippen molar-refractivity contribution in [2.24, 2.45) is 0 Å². The normalized spacial score (nSPS) is 10.5. The molecule has 2 aromatic rings. The Labute approximate surface area is 140 Å². The molecule has 0 radical (unpaired) electrons. The fourth-order valence-electron chi connectivity index (χ4n) is 1.96. The van der Waals surface area contributed by atoms with E-state index in [0.717, 1.165) is 16.9 Å². The second kappa shape index (κ2) is 7.94. The molecule has 114 valence electrons. The van der Waals surface area contributed by atoms with E-state index in [0.29, 0.717) is 16.3 Å². The Bertz CT molecular complexity index is 796. The van der Waals surface area contributed by atoms with Crippen molar-refractivity contribution in [2.45, 2.75) is 0 Å². The van der Waals surface area contributed by atoms with Crippen LogP contribution in [0.3, 0.4) is 0 Å². The van der Waals surface area contributed by atoms with Crippen LogP contribution >= 0.6 is 11.6 Å². The molecule has 0 aliphatic rings. The van der Waals surface area contributed by atoms with Gasteiger partial charge in [0.25, 0.3) is 0 Å². The predicted octanol–water partition coefficient (Wildman–Crippen LogP) is 4.42. The van der Waals surface area contributed by atoms with Crippen molar-refractivity contribution in [3.05, 3.63) is 58.6 Å². The van der Waals surface area contributed by atoms with Crippen molar-refractivity contribution in [3.63, 3.8) is 0 Å². The molecular formula is C19H14ClNO2. The van der Waals surface area contributed by atoms with Gasteiger partial charge in [-0.25, -0.2) is 0 Å². The van der Waals surface area contributed by atoms with E-state index in [1.807, 2.05) is 30.3 Å². The first-order valence-corrected chi connectivity index (χ1v) is 7.17. The number of halogens is 1. The number of terminal acetylenes is 1. The van der Waals surface area contributed by atoms with Crippen molar-refractivity contribution in [3.8, 4) is 29.9 Å². The summed E-state index contributed by atoms with van der Waals surface area (Å²) in [5.74, 6) is 3.64. The van der Waals surface area contributed by atoms with Gasteiger partial charge in [0.2, 0.25) is 0 Å². The topological polar surface area (TPSA) is 42.2 Å². The van der Waals surface area contributed by atoms with E-state index >= 15 is 0 Å². The van der Waals surface area contributed by atoms with E-state index in [4.69, 9.17) is 27.5 Å². The van der Waals surface area contributed by atoms with Crippen LogP contribution in [0, 0.1) is 23.7 Å². The first-order valence-electron chi connectivity index (χ1n) is 6.80. The quantitative estimate of drug-likeness (QED) is 0.464. The van der Waals surface area contributed by atoms with Crippen molar-refractivity contribution in [2.75, 3.05) is 13.7 Å². The molecule has 0 heterocycles. The van der Waals surface area contributed by atoms with Crippen LogP contribution in [0.15, 0.2) is 42.5 Å². The Morgan fingerprint density at radius 3 is 2.57 bits per heavy atom. The number of benzene rings is 2. The molecule has 0 bridgehead atoms. The monoisotopic (exact) mass is 323 g/mol. The Morgan fingerprint density at radius 2 is 2.00 bits per heavy atom. The third kappa shape index (κ3) is 4.30. The Morgan fingerprint density at radius 1 is 1.26 bits per heavy atom. The van der Waals surface area contributed by atoms with Crippen molar-refractivity contribution in [1.82, 2.24) is 0 Å². The van der Waals surface area contributed by atoms with Gasteiger partial charge in [0.1, 0.15) is 18.1 Å². The van der Waals surface area contributed by atoms with Gasteiger partial charge >= 0.3 is 0 Å². The molecule has 0 spiro atoms. The minimum atomic E-state index is 0.157. The summed E-state index contributed by atoms with van der Waals surface area (Å²) >= 11 is 6.16. The summed E-state index contributed by atoms with van der Waals surface area (Å²) in [7, 11) is 1.60. The number of methoxy groups -OCH3 is 1. The molecule has 0 amide bonds. The molecule has 0 saturated heterocycles. The second-order valence-corrected chi connectivity index (χ2v) is 4.99. The molecule has 2 rings (SSSR count). The van der Waals surface area contributed by atoms with Gasteiger partial charge in [0.05, 0.1) is 23.8 Å². The van der Waals surface area contributed by atoms with E-state index < -0.39 is 0 Å². The molecule has 0 N–H and O–H groups in total. The number of rotatable bonds is 5. The third-order valence-corrected chi connectivity index (χ3v) is 3.39. The van der Waals surface area contributed by atoms with Crippen molar-refractivity contribution < 1.29 is 9.47 Å². The number of hydrogen-bond acceptors (Lipinski definition) is 3. The van der Waals surface area contributed by atoms with Crippen LogP contribution < -0.4 is 9.47 Å². The molecule has 0 aliphatic carbocycles. The molecule has 0 aromatic heterocycles.